The standard InChI is InChI=1S/C21H23N5OS/c27-21(19-5-2-13-28-19)24-18-6-7-20(23-15-18)26-10-3-9-25(11-12-26)16-17-4-1-8-22-14-17/h1-2,4-8,13-15H,3,9-12,16H2,(H,24,27). The SMILES string of the molecule is O=C(Nc1ccc(N2CCCN(Cc3cccnc3)CC2)nc1)c1cccs1. The van der Waals surface area contributed by atoms with Gasteiger partial charge in [0.15, 0.2) is 0 Å². The van der Waals surface area contributed by atoms with E-state index in [1.165, 1.54) is 16.9 Å². The maximum Gasteiger partial charge on any atom is 0.265 e. The van der Waals surface area contributed by atoms with E-state index in [2.05, 4.69) is 31.2 Å². The maximum atomic E-state index is 12.1. The molecule has 1 amide bonds. The van der Waals surface area contributed by atoms with Crippen molar-refractivity contribution in [3.63, 3.8) is 0 Å². The number of carbonyl (C=O) groups excluding carboxylic acids is 1. The lowest BCUT2D eigenvalue weighted by Crippen LogP contribution is -2.31. The molecule has 3 aromatic rings. The molecule has 0 atom stereocenters. The smallest absolute Gasteiger partial charge is 0.265 e. The molecule has 6 nitrogen and oxygen atoms in total. The van der Waals surface area contributed by atoms with Crippen LogP contribution in [0, 0.1) is 0 Å². The quantitative estimate of drug-likeness (QED) is 0.719. The summed E-state index contributed by atoms with van der Waals surface area (Å²) in [6.07, 6.45) is 6.58. The molecule has 1 saturated heterocycles. The number of pyridine rings is 2. The van der Waals surface area contributed by atoms with Crippen LogP contribution >= 0.6 is 11.3 Å². The van der Waals surface area contributed by atoms with Gasteiger partial charge in [-0.2, -0.15) is 0 Å². The van der Waals surface area contributed by atoms with Crippen LogP contribution in [0.15, 0.2) is 60.4 Å². The number of hydrogen-bond acceptors (Lipinski definition) is 6. The molecule has 1 aliphatic heterocycles. The minimum Gasteiger partial charge on any atom is -0.355 e. The summed E-state index contributed by atoms with van der Waals surface area (Å²) in [5.41, 5.74) is 1.97. The van der Waals surface area contributed by atoms with Gasteiger partial charge in [-0.15, -0.1) is 11.3 Å². The largest absolute Gasteiger partial charge is 0.355 e. The van der Waals surface area contributed by atoms with Crippen molar-refractivity contribution in [2.24, 2.45) is 0 Å². The van der Waals surface area contributed by atoms with Crippen molar-refractivity contribution in [1.82, 2.24) is 14.9 Å². The molecule has 4 rings (SSSR count). The topological polar surface area (TPSA) is 61.4 Å². The number of thiophene rings is 1. The van der Waals surface area contributed by atoms with Crippen LogP contribution < -0.4 is 10.2 Å². The Hall–Kier alpha value is -2.77. The Bertz CT molecular complexity index is 883. The summed E-state index contributed by atoms with van der Waals surface area (Å²) < 4.78 is 0. The van der Waals surface area contributed by atoms with Gasteiger partial charge in [-0.3, -0.25) is 14.7 Å². The molecule has 1 fully saturated rings. The van der Waals surface area contributed by atoms with Crippen LogP contribution in [-0.4, -0.2) is 47.0 Å². The number of rotatable bonds is 5. The summed E-state index contributed by atoms with van der Waals surface area (Å²) in [5.74, 6) is 0.864. The maximum absolute atomic E-state index is 12.1. The van der Waals surface area contributed by atoms with Gasteiger partial charge in [-0.25, -0.2) is 4.98 Å². The Morgan fingerprint density at radius 3 is 2.79 bits per heavy atom. The summed E-state index contributed by atoms with van der Waals surface area (Å²) in [5, 5.41) is 4.79. The van der Waals surface area contributed by atoms with Crippen LogP contribution in [-0.2, 0) is 6.54 Å². The van der Waals surface area contributed by atoms with Gasteiger partial charge in [-0.1, -0.05) is 12.1 Å². The van der Waals surface area contributed by atoms with Gasteiger partial charge in [0.2, 0.25) is 0 Å². The van der Waals surface area contributed by atoms with Gasteiger partial charge >= 0.3 is 0 Å². The summed E-state index contributed by atoms with van der Waals surface area (Å²) in [4.78, 5) is 26.4. The van der Waals surface area contributed by atoms with E-state index in [-0.39, 0.29) is 5.91 Å². The number of nitrogens with one attached hydrogen (secondary N) is 1. The summed E-state index contributed by atoms with van der Waals surface area (Å²) in [6, 6.07) is 11.7. The third-order valence-electron chi connectivity index (χ3n) is 4.79. The fourth-order valence-corrected chi connectivity index (χ4v) is 3.97. The molecule has 0 bridgehead atoms. The first-order valence-electron chi connectivity index (χ1n) is 9.45. The fourth-order valence-electron chi connectivity index (χ4n) is 3.36. The van der Waals surface area contributed by atoms with E-state index >= 15 is 0 Å². The number of carbonyl (C=O) groups is 1. The molecular formula is C21H23N5OS. The van der Waals surface area contributed by atoms with Crippen molar-refractivity contribution in [3.05, 3.63) is 70.8 Å². The van der Waals surface area contributed by atoms with E-state index < -0.39 is 0 Å². The lowest BCUT2D eigenvalue weighted by atomic mass is 10.2. The lowest BCUT2D eigenvalue weighted by molar-refractivity contribution is 0.103. The first-order chi connectivity index (χ1) is 13.8. The molecule has 1 aliphatic rings. The molecule has 28 heavy (non-hydrogen) atoms. The molecule has 144 valence electrons. The van der Waals surface area contributed by atoms with Crippen molar-refractivity contribution in [1.29, 1.82) is 0 Å². The van der Waals surface area contributed by atoms with Crippen LogP contribution in [0.3, 0.4) is 0 Å². The van der Waals surface area contributed by atoms with Gasteiger partial charge in [-0.05, 0) is 41.6 Å². The van der Waals surface area contributed by atoms with Gasteiger partial charge in [0.1, 0.15) is 5.82 Å². The van der Waals surface area contributed by atoms with Crippen molar-refractivity contribution in [3.8, 4) is 0 Å². The number of hydrogen-bond donors (Lipinski definition) is 1. The highest BCUT2D eigenvalue weighted by molar-refractivity contribution is 7.12. The second-order valence-corrected chi connectivity index (χ2v) is 7.76. The zero-order valence-electron chi connectivity index (χ0n) is 15.6. The van der Waals surface area contributed by atoms with Crippen LogP contribution in [0.2, 0.25) is 0 Å². The van der Waals surface area contributed by atoms with Gasteiger partial charge in [0.25, 0.3) is 5.91 Å². The first kappa shape index (κ1) is 18.6. The predicted octanol–water partition coefficient (Wildman–Crippen LogP) is 3.50. The molecule has 0 saturated carbocycles. The van der Waals surface area contributed by atoms with Gasteiger partial charge in [0, 0.05) is 45.1 Å². The highest BCUT2D eigenvalue weighted by atomic mass is 32.1. The Morgan fingerprint density at radius 2 is 2.04 bits per heavy atom. The van der Waals surface area contributed by atoms with E-state index in [1.54, 1.807) is 6.20 Å². The van der Waals surface area contributed by atoms with Crippen LogP contribution in [0.1, 0.15) is 21.7 Å². The summed E-state index contributed by atoms with van der Waals surface area (Å²) in [6.45, 7) is 4.92. The number of nitrogens with zero attached hydrogens (tertiary/aromatic N) is 4. The third kappa shape index (κ3) is 4.74. The molecular weight excluding hydrogens is 370 g/mol. The molecule has 3 aromatic heterocycles. The number of amides is 1. The Morgan fingerprint density at radius 1 is 1.07 bits per heavy atom. The zero-order valence-corrected chi connectivity index (χ0v) is 16.4. The summed E-state index contributed by atoms with van der Waals surface area (Å²) in [7, 11) is 0. The second-order valence-electron chi connectivity index (χ2n) is 6.81. The van der Waals surface area contributed by atoms with Crippen molar-refractivity contribution in [2.45, 2.75) is 13.0 Å². The molecule has 7 heteroatoms. The highest BCUT2D eigenvalue weighted by Crippen LogP contribution is 2.18. The van der Waals surface area contributed by atoms with Crippen LogP contribution in [0.25, 0.3) is 0 Å². The minimum absolute atomic E-state index is 0.0923. The molecule has 1 N–H and O–H groups in total. The molecule has 0 spiro atoms. The Kier molecular flexibility index (Phi) is 5.94. The van der Waals surface area contributed by atoms with E-state index in [0.717, 1.165) is 50.6 Å². The number of anilines is 2. The van der Waals surface area contributed by atoms with E-state index in [9.17, 15) is 4.79 Å². The number of aromatic nitrogens is 2. The normalized spacial score (nSPS) is 15.2. The van der Waals surface area contributed by atoms with E-state index in [1.807, 2.05) is 48.1 Å². The van der Waals surface area contributed by atoms with Crippen molar-refractivity contribution in [2.75, 3.05) is 36.4 Å². The van der Waals surface area contributed by atoms with E-state index in [0.29, 0.717) is 4.88 Å². The average Bonchev–Trinajstić information content (AvgIpc) is 3.17. The zero-order chi connectivity index (χ0) is 19.2. The molecule has 0 aliphatic carbocycles. The van der Waals surface area contributed by atoms with Gasteiger partial charge < -0.3 is 10.2 Å². The molecule has 0 aromatic carbocycles. The van der Waals surface area contributed by atoms with Crippen LogP contribution in [0.5, 0.6) is 0 Å². The predicted molar refractivity (Wildman–Crippen MR) is 113 cm³/mol. The molecule has 0 radical (unpaired) electrons. The highest BCUT2D eigenvalue weighted by Gasteiger charge is 2.16. The van der Waals surface area contributed by atoms with E-state index in [4.69, 9.17) is 0 Å². The average molecular weight is 394 g/mol. The second kappa shape index (κ2) is 8.95. The fraction of sp³-hybridized carbons (Fsp3) is 0.286. The van der Waals surface area contributed by atoms with Crippen molar-refractivity contribution >= 4 is 28.7 Å². The molecule has 4 heterocycles. The van der Waals surface area contributed by atoms with Gasteiger partial charge in [0.05, 0.1) is 16.8 Å². The Labute approximate surface area is 168 Å². The summed E-state index contributed by atoms with van der Waals surface area (Å²) >= 11 is 1.43. The first-order valence-corrected chi connectivity index (χ1v) is 10.3. The van der Waals surface area contributed by atoms with Crippen molar-refractivity contribution < 1.29 is 4.79 Å². The minimum atomic E-state index is -0.0923. The molecule has 0 unspecified atom stereocenters. The lowest BCUT2D eigenvalue weighted by Gasteiger charge is -2.23. The Balaban J connectivity index is 1.33. The van der Waals surface area contributed by atoms with Crippen LogP contribution in [0.4, 0.5) is 11.5 Å². The third-order valence-corrected chi connectivity index (χ3v) is 5.66. The monoisotopic (exact) mass is 393 g/mol.